The minimum Gasteiger partial charge on any atom is -0.481 e. The maximum atomic E-state index is 12.8. The van der Waals surface area contributed by atoms with Crippen LogP contribution in [-0.4, -0.2) is 27.5 Å². The van der Waals surface area contributed by atoms with Gasteiger partial charge in [-0.15, -0.1) is 0 Å². The van der Waals surface area contributed by atoms with Crippen molar-refractivity contribution in [3.8, 4) is 11.3 Å². The highest BCUT2D eigenvalue weighted by Crippen LogP contribution is 2.34. The number of aromatic nitrogens is 1. The molecular formula is C19H22N2O3S. The summed E-state index contributed by atoms with van der Waals surface area (Å²) >= 11 is 1.60. The second-order valence-electron chi connectivity index (χ2n) is 6.85. The molecule has 1 aliphatic carbocycles. The molecule has 1 saturated carbocycles. The van der Waals surface area contributed by atoms with Crippen molar-refractivity contribution in [2.45, 2.75) is 45.1 Å². The van der Waals surface area contributed by atoms with Crippen molar-refractivity contribution in [3.05, 3.63) is 40.2 Å². The Bertz CT molecular complexity index is 788. The van der Waals surface area contributed by atoms with E-state index in [0.717, 1.165) is 24.1 Å². The molecule has 2 aromatic heterocycles. The maximum Gasteiger partial charge on any atom is 0.308 e. The fourth-order valence-electron chi connectivity index (χ4n) is 3.58. The summed E-state index contributed by atoms with van der Waals surface area (Å²) in [7, 11) is 0. The number of hydrogen-bond acceptors (Lipinski definition) is 4. The van der Waals surface area contributed by atoms with Crippen LogP contribution in [0.25, 0.3) is 11.3 Å². The molecule has 3 rings (SSSR count). The molecule has 1 amide bonds. The normalized spacial score (nSPS) is 23.2. The van der Waals surface area contributed by atoms with E-state index in [1.807, 2.05) is 36.7 Å². The Hall–Kier alpha value is -2.21. The van der Waals surface area contributed by atoms with Gasteiger partial charge in [-0.25, -0.2) is 0 Å². The molecule has 5 nitrogen and oxygen atoms in total. The second kappa shape index (κ2) is 6.96. The summed E-state index contributed by atoms with van der Waals surface area (Å²) in [6, 6.07) is 5.60. The van der Waals surface area contributed by atoms with Crippen molar-refractivity contribution in [2.75, 3.05) is 0 Å². The van der Waals surface area contributed by atoms with Crippen LogP contribution in [0.2, 0.25) is 0 Å². The van der Waals surface area contributed by atoms with Crippen LogP contribution in [0.3, 0.4) is 0 Å². The third kappa shape index (κ3) is 3.58. The van der Waals surface area contributed by atoms with Crippen molar-refractivity contribution in [3.63, 3.8) is 0 Å². The van der Waals surface area contributed by atoms with E-state index < -0.39 is 17.4 Å². The number of carbonyl (C=O) groups is 2. The zero-order valence-corrected chi connectivity index (χ0v) is 15.2. The maximum absolute atomic E-state index is 12.8. The Morgan fingerprint density at radius 2 is 2.12 bits per heavy atom. The number of aliphatic carboxylic acids is 1. The molecule has 0 radical (unpaired) electrons. The topological polar surface area (TPSA) is 79.3 Å². The van der Waals surface area contributed by atoms with Gasteiger partial charge in [-0.1, -0.05) is 12.8 Å². The van der Waals surface area contributed by atoms with Gasteiger partial charge < -0.3 is 10.4 Å². The molecule has 0 aromatic carbocycles. The summed E-state index contributed by atoms with van der Waals surface area (Å²) in [6.07, 6.45) is 3.09. The fraction of sp³-hybridized carbons (Fsp3) is 0.421. The predicted molar refractivity (Wildman–Crippen MR) is 97.8 cm³/mol. The zero-order chi connectivity index (χ0) is 18.0. The number of pyridine rings is 1. The summed E-state index contributed by atoms with van der Waals surface area (Å²) in [5.41, 5.74) is 2.29. The number of carboxylic acids is 1. The van der Waals surface area contributed by atoms with Crippen LogP contribution < -0.4 is 5.32 Å². The van der Waals surface area contributed by atoms with Crippen LogP contribution in [0.4, 0.5) is 0 Å². The summed E-state index contributed by atoms with van der Waals surface area (Å²) < 4.78 is 0. The van der Waals surface area contributed by atoms with Crippen molar-refractivity contribution >= 4 is 23.2 Å². The number of carboxylic acid groups (broad SMARTS) is 1. The minimum absolute atomic E-state index is 0.252. The molecule has 2 unspecified atom stereocenters. The standard InChI is InChI=1S/C19H22N2O3S/c1-12-14(6-7-16(20-12)13-8-10-25-11-13)17(22)21-19(2)9-4-3-5-15(19)18(23)24/h6-8,10-11,15H,3-5,9H2,1-2H3,(H,21,22)(H,23,24). The zero-order valence-electron chi connectivity index (χ0n) is 14.4. The number of carbonyl (C=O) groups excluding carboxylic acids is 1. The summed E-state index contributed by atoms with van der Waals surface area (Å²) in [5, 5.41) is 16.5. The Balaban J connectivity index is 1.82. The largest absolute Gasteiger partial charge is 0.481 e. The third-order valence-electron chi connectivity index (χ3n) is 5.05. The van der Waals surface area contributed by atoms with E-state index >= 15 is 0 Å². The Kier molecular flexibility index (Phi) is 4.90. The minimum atomic E-state index is -0.842. The van der Waals surface area contributed by atoms with Gasteiger partial charge in [0, 0.05) is 10.9 Å². The molecule has 25 heavy (non-hydrogen) atoms. The molecule has 6 heteroatoms. The molecule has 2 atom stereocenters. The lowest BCUT2D eigenvalue weighted by atomic mass is 9.73. The van der Waals surface area contributed by atoms with Gasteiger partial charge in [0.2, 0.25) is 0 Å². The Labute approximate surface area is 151 Å². The number of nitrogens with one attached hydrogen (secondary N) is 1. The van der Waals surface area contributed by atoms with Gasteiger partial charge >= 0.3 is 5.97 Å². The van der Waals surface area contributed by atoms with Crippen molar-refractivity contribution in [1.29, 1.82) is 0 Å². The smallest absolute Gasteiger partial charge is 0.308 e. The number of rotatable bonds is 4. The van der Waals surface area contributed by atoms with Gasteiger partial charge in [0.05, 0.1) is 28.4 Å². The molecule has 0 saturated heterocycles. The first kappa shape index (κ1) is 17.6. The molecule has 132 valence electrons. The lowest BCUT2D eigenvalue weighted by Crippen LogP contribution is -2.55. The van der Waals surface area contributed by atoms with E-state index in [1.54, 1.807) is 17.4 Å². The molecule has 2 heterocycles. The van der Waals surface area contributed by atoms with Crippen LogP contribution in [0.15, 0.2) is 29.0 Å². The molecule has 0 bridgehead atoms. The molecule has 1 fully saturated rings. The average Bonchev–Trinajstić information content (AvgIpc) is 3.08. The first-order valence-corrected chi connectivity index (χ1v) is 9.40. The van der Waals surface area contributed by atoms with E-state index in [4.69, 9.17) is 0 Å². The van der Waals surface area contributed by atoms with Gasteiger partial charge in [-0.3, -0.25) is 14.6 Å². The third-order valence-corrected chi connectivity index (χ3v) is 5.74. The summed E-state index contributed by atoms with van der Waals surface area (Å²) in [5.74, 6) is -1.65. The predicted octanol–water partition coefficient (Wildman–Crippen LogP) is 3.88. The van der Waals surface area contributed by atoms with Crippen LogP contribution in [0, 0.1) is 12.8 Å². The first-order valence-electron chi connectivity index (χ1n) is 8.46. The lowest BCUT2D eigenvalue weighted by Gasteiger charge is -2.39. The summed E-state index contributed by atoms with van der Waals surface area (Å²) in [4.78, 5) is 28.9. The van der Waals surface area contributed by atoms with Crippen LogP contribution in [0.1, 0.15) is 48.7 Å². The van der Waals surface area contributed by atoms with Crippen LogP contribution in [-0.2, 0) is 4.79 Å². The first-order chi connectivity index (χ1) is 11.9. The van der Waals surface area contributed by atoms with Gasteiger partial charge in [0.25, 0.3) is 5.91 Å². The highest BCUT2D eigenvalue weighted by Gasteiger charge is 2.42. The number of nitrogens with zero attached hydrogens (tertiary/aromatic N) is 1. The van der Waals surface area contributed by atoms with E-state index in [9.17, 15) is 14.7 Å². The van der Waals surface area contributed by atoms with E-state index in [-0.39, 0.29) is 5.91 Å². The Morgan fingerprint density at radius 3 is 2.76 bits per heavy atom. The van der Waals surface area contributed by atoms with Gasteiger partial charge in [-0.2, -0.15) is 11.3 Å². The molecule has 0 aliphatic heterocycles. The molecule has 2 aromatic rings. The summed E-state index contributed by atoms with van der Waals surface area (Å²) in [6.45, 7) is 3.65. The number of thiophene rings is 1. The molecular weight excluding hydrogens is 336 g/mol. The highest BCUT2D eigenvalue weighted by molar-refractivity contribution is 7.08. The van der Waals surface area contributed by atoms with E-state index in [1.165, 1.54) is 0 Å². The van der Waals surface area contributed by atoms with Gasteiger partial charge in [0.15, 0.2) is 0 Å². The van der Waals surface area contributed by atoms with E-state index in [0.29, 0.717) is 24.1 Å². The average molecular weight is 358 g/mol. The monoisotopic (exact) mass is 358 g/mol. The van der Waals surface area contributed by atoms with Crippen molar-refractivity contribution < 1.29 is 14.7 Å². The molecule has 1 aliphatic rings. The van der Waals surface area contributed by atoms with Crippen LogP contribution >= 0.6 is 11.3 Å². The second-order valence-corrected chi connectivity index (χ2v) is 7.63. The molecule has 0 spiro atoms. The number of amides is 1. The quantitative estimate of drug-likeness (QED) is 0.869. The SMILES string of the molecule is Cc1nc(-c2ccsc2)ccc1C(=O)NC1(C)CCCCC1C(=O)O. The molecule has 2 N–H and O–H groups in total. The van der Waals surface area contributed by atoms with Gasteiger partial charge in [0.1, 0.15) is 0 Å². The van der Waals surface area contributed by atoms with E-state index in [2.05, 4.69) is 10.3 Å². The lowest BCUT2D eigenvalue weighted by molar-refractivity contribution is -0.145. The van der Waals surface area contributed by atoms with Crippen molar-refractivity contribution in [2.24, 2.45) is 5.92 Å². The van der Waals surface area contributed by atoms with Crippen molar-refractivity contribution in [1.82, 2.24) is 10.3 Å². The number of aryl methyl sites for hydroxylation is 1. The van der Waals surface area contributed by atoms with Gasteiger partial charge in [-0.05, 0) is 50.3 Å². The Morgan fingerprint density at radius 1 is 1.32 bits per heavy atom. The van der Waals surface area contributed by atoms with Crippen LogP contribution in [0.5, 0.6) is 0 Å². The number of hydrogen-bond donors (Lipinski definition) is 2. The highest BCUT2D eigenvalue weighted by atomic mass is 32.1. The fourth-order valence-corrected chi connectivity index (χ4v) is 4.23.